The van der Waals surface area contributed by atoms with Crippen LogP contribution in [0.3, 0.4) is 0 Å². The van der Waals surface area contributed by atoms with E-state index in [9.17, 15) is 14.0 Å². The van der Waals surface area contributed by atoms with Crippen LogP contribution in [0, 0.1) is 19.7 Å². The van der Waals surface area contributed by atoms with Crippen molar-refractivity contribution in [2.24, 2.45) is 0 Å². The fraction of sp³-hybridized carbons (Fsp3) is 0.292. The minimum atomic E-state index is -0.597. The molecule has 11 nitrogen and oxygen atoms in total. The van der Waals surface area contributed by atoms with Crippen LogP contribution in [-0.4, -0.2) is 51.3 Å². The number of anilines is 2. The van der Waals surface area contributed by atoms with Crippen LogP contribution >= 0.6 is 0 Å². The third-order valence-corrected chi connectivity index (χ3v) is 5.03. The second-order valence-electron chi connectivity index (χ2n) is 8.22. The van der Waals surface area contributed by atoms with E-state index in [1.54, 1.807) is 44.5 Å². The van der Waals surface area contributed by atoms with Crippen LogP contribution in [0.25, 0.3) is 17.0 Å². The van der Waals surface area contributed by atoms with Gasteiger partial charge in [-0.3, -0.25) is 14.1 Å². The van der Waals surface area contributed by atoms with Gasteiger partial charge in [-0.05, 0) is 39.0 Å². The van der Waals surface area contributed by atoms with Crippen LogP contribution < -0.4 is 10.2 Å². The molecule has 0 spiro atoms. The Morgan fingerprint density at radius 3 is 2.67 bits per heavy atom. The highest BCUT2D eigenvalue weighted by molar-refractivity contribution is 6.03. The lowest BCUT2D eigenvalue weighted by molar-refractivity contribution is 0.0994. The number of ether oxygens (including phenoxy) is 2. The SMILES string of the molecule is COCN(C(=O)OC(C)C)c1cnc2nc(-c3cc(NC(=O)c4oc(C)nc4C)ccc3F)cn2c1. The number of fused-ring (bicyclic) bond motifs is 1. The molecule has 0 fully saturated rings. The predicted molar refractivity (Wildman–Crippen MR) is 128 cm³/mol. The first-order valence-corrected chi connectivity index (χ1v) is 11.0. The number of hydrogen-bond donors (Lipinski definition) is 1. The van der Waals surface area contributed by atoms with E-state index in [4.69, 9.17) is 13.9 Å². The van der Waals surface area contributed by atoms with Crippen molar-refractivity contribution in [3.8, 4) is 11.3 Å². The minimum absolute atomic E-state index is 0.0547. The first-order chi connectivity index (χ1) is 17.2. The van der Waals surface area contributed by atoms with Gasteiger partial charge in [-0.1, -0.05) is 0 Å². The van der Waals surface area contributed by atoms with Crippen LogP contribution in [-0.2, 0) is 9.47 Å². The molecule has 0 unspecified atom stereocenters. The molecule has 1 N–H and O–H groups in total. The van der Waals surface area contributed by atoms with Crippen LogP contribution in [0.1, 0.15) is 36.0 Å². The van der Waals surface area contributed by atoms with E-state index in [1.165, 1.54) is 36.4 Å². The molecule has 0 saturated carbocycles. The Bertz CT molecular complexity index is 1430. The van der Waals surface area contributed by atoms with Crippen molar-refractivity contribution in [1.29, 1.82) is 0 Å². The Kier molecular flexibility index (Phi) is 6.97. The molecule has 0 radical (unpaired) electrons. The molecule has 0 saturated heterocycles. The number of halogens is 1. The molecule has 0 aliphatic carbocycles. The van der Waals surface area contributed by atoms with E-state index in [0.29, 0.717) is 23.0 Å². The van der Waals surface area contributed by atoms with Gasteiger partial charge in [0, 0.05) is 37.7 Å². The van der Waals surface area contributed by atoms with Crippen molar-refractivity contribution in [3.63, 3.8) is 0 Å². The van der Waals surface area contributed by atoms with Crippen molar-refractivity contribution in [3.05, 3.63) is 60.0 Å². The van der Waals surface area contributed by atoms with Gasteiger partial charge in [0.25, 0.3) is 5.91 Å². The fourth-order valence-corrected chi connectivity index (χ4v) is 3.50. The maximum Gasteiger partial charge on any atom is 0.416 e. The Labute approximate surface area is 205 Å². The molecule has 188 valence electrons. The Hall–Kier alpha value is -4.32. The number of carbonyl (C=O) groups is 2. The summed E-state index contributed by atoms with van der Waals surface area (Å²) in [6, 6.07) is 4.13. The lowest BCUT2D eigenvalue weighted by Crippen LogP contribution is -2.35. The Morgan fingerprint density at radius 1 is 1.22 bits per heavy atom. The van der Waals surface area contributed by atoms with Gasteiger partial charge in [-0.2, -0.15) is 0 Å². The molecule has 4 aromatic rings. The number of hydrogen-bond acceptors (Lipinski definition) is 8. The standard InChI is InChI=1S/C24H25FN6O5/c1-13(2)35-24(33)31(12-34-5)17-9-26-23-29-20(11-30(23)10-17)18-8-16(6-7-19(18)25)28-22(32)21-14(3)27-15(4)36-21/h6-11,13H,12H2,1-5H3,(H,28,32). The van der Waals surface area contributed by atoms with E-state index >= 15 is 0 Å². The Morgan fingerprint density at radius 2 is 2.00 bits per heavy atom. The maximum absolute atomic E-state index is 14.7. The lowest BCUT2D eigenvalue weighted by atomic mass is 10.1. The second-order valence-corrected chi connectivity index (χ2v) is 8.22. The van der Waals surface area contributed by atoms with Crippen molar-refractivity contribution in [2.75, 3.05) is 24.1 Å². The van der Waals surface area contributed by atoms with Crippen molar-refractivity contribution in [2.45, 2.75) is 33.8 Å². The van der Waals surface area contributed by atoms with Gasteiger partial charge in [0.05, 0.1) is 29.4 Å². The number of carbonyl (C=O) groups excluding carboxylic acids is 2. The summed E-state index contributed by atoms with van der Waals surface area (Å²) in [5, 5.41) is 2.69. The smallest absolute Gasteiger partial charge is 0.416 e. The van der Waals surface area contributed by atoms with Crippen LogP contribution in [0.15, 0.2) is 41.2 Å². The van der Waals surface area contributed by atoms with Crippen LogP contribution in [0.5, 0.6) is 0 Å². The number of benzene rings is 1. The zero-order valence-corrected chi connectivity index (χ0v) is 20.4. The average Bonchev–Trinajstić information content (AvgIpc) is 3.39. The van der Waals surface area contributed by atoms with E-state index < -0.39 is 17.8 Å². The van der Waals surface area contributed by atoms with E-state index in [1.807, 2.05) is 0 Å². The first kappa shape index (κ1) is 24.8. The molecule has 36 heavy (non-hydrogen) atoms. The zero-order chi connectivity index (χ0) is 26.0. The normalized spacial score (nSPS) is 11.2. The van der Waals surface area contributed by atoms with Gasteiger partial charge < -0.3 is 19.2 Å². The van der Waals surface area contributed by atoms with E-state index in [-0.39, 0.29) is 35.6 Å². The molecule has 0 aliphatic rings. The minimum Gasteiger partial charge on any atom is -0.446 e. The molecule has 0 bridgehead atoms. The zero-order valence-electron chi connectivity index (χ0n) is 20.4. The molecule has 3 aromatic heterocycles. The van der Waals surface area contributed by atoms with Gasteiger partial charge in [-0.15, -0.1) is 0 Å². The second kappa shape index (κ2) is 10.1. The fourth-order valence-electron chi connectivity index (χ4n) is 3.50. The molecule has 2 amide bonds. The summed E-state index contributed by atoms with van der Waals surface area (Å²) >= 11 is 0. The highest BCUT2D eigenvalue weighted by Crippen LogP contribution is 2.27. The Balaban J connectivity index is 1.63. The third-order valence-electron chi connectivity index (χ3n) is 5.03. The number of nitrogens with one attached hydrogen (secondary N) is 1. The maximum atomic E-state index is 14.7. The summed E-state index contributed by atoms with van der Waals surface area (Å²) < 4.78 is 32.0. The molecule has 0 atom stereocenters. The summed E-state index contributed by atoms with van der Waals surface area (Å²) in [7, 11) is 1.45. The summed E-state index contributed by atoms with van der Waals surface area (Å²) in [5.41, 5.74) is 1.63. The number of amides is 2. The molecular weight excluding hydrogens is 471 g/mol. The summed E-state index contributed by atoms with van der Waals surface area (Å²) in [6.07, 6.45) is 3.71. The highest BCUT2D eigenvalue weighted by Gasteiger charge is 2.21. The number of imidazole rings is 1. The molecule has 4 rings (SSSR count). The topological polar surface area (TPSA) is 124 Å². The third kappa shape index (κ3) is 5.18. The van der Waals surface area contributed by atoms with Gasteiger partial charge in [0.15, 0.2) is 5.89 Å². The largest absolute Gasteiger partial charge is 0.446 e. The molecule has 3 heterocycles. The summed E-state index contributed by atoms with van der Waals surface area (Å²) in [6.45, 7) is 6.73. The number of oxazole rings is 1. The number of aromatic nitrogens is 4. The predicted octanol–water partition coefficient (Wildman–Crippen LogP) is 4.35. The number of nitrogens with zero attached hydrogens (tertiary/aromatic N) is 5. The van der Waals surface area contributed by atoms with E-state index in [2.05, 4.69) is 20.3 Å². The van der Waals surface area contributed by atoms with Crippen LogP contribution in [0.2, 0.25) is 0 Å². The van der Waals surface area contributed by atoms with Gasteiger partial charge >= 0.3 is 6.09 Å². The summed E-state index contributed by atoms with van der Waals surface area (Å²) in [5.74, 6) is -0.303. The first-order valence-electron chi connectivity index (χ1n) is 11.0. The van der Waals surface area contributed by atoms with Crippen molar-refractivity contribution in [1.82, 2.24) is 19.4 Å². The number of methoxy groups -OCH3 is 1. The molecule has 0 aliphatic heterocycles. The van der Waals surface area contributed by atoms with Crippen molar-refractivity contribution < 1.29 is 27.9 Å². The molecular formula is C24H25FN6O5. The molecule has 12 heteroatoms. The summed E-state index contributed by atoms with van der Waals surface area (Å²) in [4.78, 5) is 39.1. The lowest BCUT2D eigenvalue weighted by Gasteiger charge is -2.22. The van der Waals surface area contributed by atoms with E-state index in [0.717, 1.165) is 0 Å². The average molecular weight is 496 g/mol. The monoisotopic (exact) mass is 496 g/mol. The quantitative estimate of drug-likeness (QED) is 0.375. The number of aryl methyl sites for hydroxylation is 2. The van der Waals surface area contributed by atoms with Gasteiger partial charge in [-0.25, -0.2) is 24.1 Å². The number of rotatable bonds is 7. The van der Waals surface area contributed by atoms with Gasteiger partial charge in [0.2, 0.25) is 11.5 Å². The van der Waals surface area contributed by atoms with Crippen molar-refractivity contribution >= 4 is 29.2 Å². The van der Waals surface area contributed by atoms with Crippen LogP contribution in [0.4, 0.5) is 20.6 Å². The molecule has 1 aromatic carbocycles. The highest BCUT2D eigenvalue weighted by atomic mass is 19.1. The van der Waals surface area contributed by atoms with Gasteiger partial charge in [0.1, 0.15) is 12.5 Å².